The molecule has 144 valence electrons. The number of rotatable bonds is 5. The van der Waals surface area contributed by atoms with Crippen LogP contribution in [0.2, 0.25) is 5.02 Å². The van der Waals surface area contributed by atoms with Gasteiger partial charge in [-0.2, -0.15) is 4.98 Å². The van der Waals surface area contributed by atoms with E-state index in [-0.39, 0.29) is 24.2 Å². The van der Waals surface area contributed by atoms with Gasteiger partial charge in [-0.1, -0.05) is 35.0 Å². The Kier molecular flexibility index (Phi) is 5.00. The van der Waals surface area contributed by atoms with E-state index in [0.29, 0.717) is 35.1 Å². The molecule has 0 saturated carbocycles. The Balaban J connectivity index is 1.57. The SMILES string of the molecule is COc1ccc(CN2C(=O)CCC2c2nc(-c3cccc(Cl)c3)no2)cc1F. The van der Waals surface area contributed by atoms with Crippen LogP contribution in [0.1, 0.15) is 30.3 Å². The first-order valence-electron chi connectivity index (χ1n) is 8.76. The van der Waals surface area contributed by atoms with Crippen molar-refractivity contribution in [3.05, 3.63) is 64.8 Å². The molecule has 1 fully saturated rings. The molecule has 1 unspecified atom stereocenters. The molecule has 3 aromatic rings. The minimum Gasteiger partial charge on any atom is -0.494 e. The van der Waals surface area contributed by atoms with Gasteiger partial charge in [0.25, 0.3) is 0 Å². The first-order valence-corrected chi connectivity index (χ1v) is 9.14. The number of nitrogens with zero attached hydrogens (tertiary/aromatic N) is 3. The molecule has 1 aliphatic heterocycles. The van der Waals surface area contributed by atoms with Crippen LogP contribution in [-0.4, -0.2) is 28.1 Å². The predicted octanol–water partition coefficient (Wildman–Crippen LogP) is 4.40. The second-order valence-corrected chi connectivity index (χ2v) is 6.95. The van der Waals surface area contributed by atoms with Crippen LogP contribution in [0.25, 0.3) is 11.4 Å². The molecule has 6 nitrogen and oxygen atoms in total. The van der Waals surface area contributed by atoms with Gasteiger partial charge in [-0.15, -0.1) is 0 Å². The van der Waals surface area contributed by atoms with E-state index in [0.717, 1.165) is 5.56 Å². The highest BCUT2D eigenvalue weighted by Gasteiger charge is 2.36. The number of benzene rings is 2. The number of carbonyl (C=O) groups is 1. The first kappa shape index (κ1) is 18.4. The molecule has 0 bridgehead atoms. The van der Waals surface area contributed by atoms with Gasteiger partial charge in [0.1, 0.15) is 6.04 Å². The average molecular weight is 402 g/mol. The molecule has 1 aliphatic rings. The number of amides is 1. The standard InChI is InChI=1S/C20H17ClFN3O3/c1-27-17-7-5-12(9-15(17)22)11-25-16(6-8-18(25)26)20-23-19(24-28-20)13-3-2-4-14(21)10-13/h2-5,7,9-10,16H,6,8,11H2,1H3. The Hall–Kier alpha value is -2.93. The van der Waals surface area contributed by atoms with Crippen molar-refractivity contribution >= 4 is 17.5 Å². The highest BCUT2D eigenvalue weighted by atomic mass is 35.5. The molecular formula is C20H17ClFN3O3. The molecular weight excluding hydrogens is 385 g/mol. The Labute approximate surface area is 165 Å². The molecule has 0 radical (unpaired) electrons. The zero-order chi connectivity index (χ0) is 19.7. The van der Waals surface area contributed by atoms with Crippen molar-refractivity contribution in [3.8, 4) is 17.1 Å². The third kappa shape index (κ3) is 3.57. The number of halogens is 2. The van der Waals surface area contributed by atoms with Gasteiger partial charge in [0.2, 0.25) is 17.6 Å². The summed E-state index contributed by atoms with van der Waals surface area (Å²) >= 11 is 6.02. The number of carbonyl (C=O) groups excluding carboxylic acids is 1. The van der Waals surface area contributed by atoms with Gasteiger partial charge in [0.15, 0.2) is 11.6 Å². The largest absolute Gasteiger partial charge is 0.494 e. The Morgan fingerprint density at radius 2 is 2.18 bits per heavy atom. The molecule has 0 spiro atoms. The number of methoxy groups -OCH3 is 1. The molecule has 0 N–H and O–H groups in total. The van der Waals surface area contributed by atoms with Crippen LogP contribution in [0.5, 0.6) is 5.75 Å². The lowest BCUT2D eigenvalue weighted by atomic mass is 10.1. The quantitative estimate of drug-likeness (QED) is 0.633. The molecule has 1 atom stereocenters. The van der Waals surface area contributed by atoms with E-state index < -0.39 is 5.82 Å². The summed E-state index contributed by atoms with van der Waals surface area (Å²) < 4.78 is 24.3. The Bertz CT molecular complexity index is 1020. The monoisotopic (exact) mass is 401 g/mol. The molecule has 1 amide bonds. The van der Waals surface area contributed by atoms with Crippen LogP contribution in [-0.2, 0) is 11.3 Å². The van der Waals surface area contributed by atoms with Crippen molar-refractivity contribution < 1.29 is 18.4 Å². The third-order valence-corrected chi connectivity index (χ3v) is 4.94. The molecule has 8 heteroatoms. The summed E-state index contributed by atoms with van der Waals surface area (Å²) in [4.78, 5) is 18.5. The maximum absolute atomic E-state index is 14.0. The smallest absolute Gasteiger partial charge is 0.249 e. The summed E-state index contributed by atoms with van der Waals surface area (Å²) in [6.45, 7) is 0.249. The number of hydrogen-bond donors (Lipinski definition) is 0. The van der Waals surface area contributed by atoms with E-state index in [1.165, 1.54) is 13.2 Å². The molecule has 28 heavy (non-hydrogen) atoms. The fraction of sp³-hybridized carbons (Fsp3) is 0.250. The lowest BCUT2D eigenvalue weighted by Crippen LogP contribution is -2.27. The van der Waals surface area contributed by atoms with Gasteiger partial charge in [0.05, 0.1) is 7.11 Å². The third-order valence-electron chi connectivity index (χ3n) is 4.71. The average Bonchev–Trinajstić information content (AvgIpc) is 3.30. The van der Waals surface area contributed by atoms with E-state index >= 15 is 0 Å². The number of aromatic nitrogens is 2. The Morgan fingerprint density at radius 1 is 1.32 bits per heavy atom. The molecule has 2 aromatic carbocycles. The summed E-state index contributed by atoms with van der Waals surface area (Å²) in [7, 11) is 1.41. The highest BCUT2D eigenvalue weighted by molar-refractivity contribution is 6.30. The summed E-state index contributed by atoms with van der Waals surface area (Å²) in [5, 5.41) is 4.59. The number of ether oxygens (including phenoxy) is 1. The van der Waals surface area contributed by atoms with Crippen molar-refractivity contribution in [2.45, 2.75) is 25.4 Å². The zero-order valence-electron chi connectivity index (χ0n) is 15.1. The highest BCUT2D eigenvalue weighted by Crippen LogP contribution is 2.34. The number of likely N-dealkylation sites (tertiary alicyclic amines) is 1. The molecule has 1 aromatic heterocycles. The van der Waals surface area contributed by atoms with Gasteiger partial charge < -0.3 is 14.2 Å². The van der Waals surface area contributed by atoms with Crippen molar-refractivity contribution in [1.29, 1.82) is 0 Å². The van der Waals surface area contributed by atoms with Crippen molar-refractivity contribution in [2.24, 2.45) is 0 Å². The molecule has 2 heterocycles. The van der Waals surface area contributed by atoms with E-state index in [2.05, 4.69) is 10.1 Å². The summed E-state index contributed by atoms with van der Waals surface area (Å²) in [6, 6.07) is 11.4. The van der Waals surface area contributed by atoms with Crippen LogP contribution in [0.4, 0.5) is 4.39 Å². The lowest BCUT2D eigenvalue weighted by molar-refractivity contribution is -0.130. The van der Waals surface area contributed by atoms with Crippen LogP contribution in [0.3, 0.4) is 0 Å². The van der Waals surface area contributed by atoms with E-state index in [1.807, 2.05) is 6.07 Å². The van der Waals surface area contributed by atoms with Crippen LogP contribution >= 0.6 is 11.6 Å². The van der Waals surface area contributed by atoms with Crippen LogP contribution in [0, 0.1) is 5.82 Å². The minimum absolute atomic E-state index is 0.0382. The Morgan fingerprint density at radius 3 is 2.93 bits per heavy atom. The maximum atomic E-state index is 14.0. The molecule has 1 saturated heterocycles. The van der Waals surface area contributed by atoms with E-state index in [9.17, 15) is 9.18 Å². The summed E-state index contributed by atoms with van der Waals surface area (Å²) in [6.07, 6.45) is 0.937. The second-order valence-electron chi connectivity index (χ2n) is 6.51. The molecule has 4 rings (SSSR count). The van der Waals surface area contributed by atoms with Gasteiger partial charge in [-0.05, 0) is 36.2 Å². The van der Waals surface area contributed by atoms with Crippen LogP contribution < -0.4 is 4.74 Å². The maximum Gasteiger partial charge on any atom is 0.249 e. The minimum atomic E-state index is -0.468. The fourth-order valence-corrected chi connectivity index (χ4v) is 3.50. The van der Waals surface area contributed by atoms with Crippen molar-refractivity contribution in [2.75, 3.05) is 7.11 Å². The summed E-state index contributed by atoms with van der Waals surface area (Å²) in [5.41, 5.74) is 1.39. The van der Waals surface area contributed by atoms with Gasteiger partial charge in [-0.25, -0.2) is 4.39 Å². The van der Waals surface area contributed by atoms with Gasteiger partial charge in [0, 0.05) is 23.6 Å². The predicted molar refractivity (Wildman–Crippen MR) is 100 cm³/mol. The molecule has 0 aliphatic carbocycles. The number of hydrogen-bond acceptors (Lipinski definition) is 5. The van der Waals surface area contributed by atoms with Gasteiger partial charge in [-0.3, -0.25) is 4.79 Å². The van der Waals surface area contributed by atoms with Crippen molar-refractivity contribution in [3.63, 3.8) is 0 Å². The van der Waals surface area contributed by atoms with Gasteiger partial charge >= 0.3 is 0 Å². The zero-order valence-corrected chi connectivity index (χ0v) is 15.8. The van der Waals surface area contributed by atoms with E-state index in [4.69, 9.17) is 20.9 Å². The summed E-state index contributed by atoms with van der Waals surface area (Å²) in [5.74, 6) is 0.422. The lowest BCUT2D eigenvalue weighted by Gasteiger charge is -2.22. The first-order chi connectivity index (χ1) is 13.5. The van der Waals surface area contributed by atoms with E-state index in [1.54, 1.807) is 35.2 Å². The topological polar surface area (TPSA) is 68.5 Å². The second kappa shape index (κ2) is 7.59. The normalized spacial score (nSPS) is 16.6. The van der Waals surface area contributed by atoms with Crippen LogP contribution in [0.15, 0.2) is 47.0 Å². The van der Waals surface area contributed by atoms with Crippen molar-refractivity contribution in [1.82, 2.24) is 15.0 Å². The fourth-order valence-electron chi connectivity index (χ4n) is 3.31.